The van der Waals surface area contributed by atoms with Gasteiger partial charge in [0.15, 0.2) is 0 Å². The maximum atomic E-state index is 11.8. The van der Waals surface area contributed by atoms with E-state index in [1.807, 2.05) is 24.3 Å². The van der Waals surface area contributed by atoms with Gasteiger partial charge in [-0.3, -0.25) is 4.79 Å². The molecule has 3 nitrogen and oxygen atoms in total. The van der Waals surface area contributed by atoms with Crippen LogP contribution in [0, 0.1) is 0 Å². The van der Waals surface area contributed by atoms with Crippen molar-refractivity contribution in [3.05, 3.63) is 24.3 Å². The molecule has 154 valence electrons. The Morgan fingerprint density at radius 3 is 2.04 bits per heavy atom. The van der Waals surface area contributed by atoms with E-state index in [-0.39, 0.29) is 5.97 Å². The lowest BCUT2D eigenvalue weighted by atomic mass is 10.1. The third-order valence-electron chi connectivity index (χ3n) is 4.61. The molecule has 1 aromatic carbocycles. The molecule has 0 atom stereocenters. The SMILES string of the molecule is CCCCCCCCCCCCOC(=O)CCCSc1ccc(OC)cc1. The number of hydrogen-bond donors (Lipinski definition) is 0. The Balaban J connectivity index is 1.87. The van der Waals surface area contributed by atoms with E-state index in [1.54, 1.807) is 18.9 Å². The number of carbonyl (C=O) groups is 1. The fraction of sp³-hybridized carbons (Fsp3) is 0.696. The molecule has 0 saturated heterocycles. The van der Waals surface area contributed by atoms with Crippen molar-refractivity contribution in [2.45, 2.75) is 88.9 Å². The molecule has 4 heteroatoms. The van der Waals surface area contributed by atoms with Crippen LogP contribution in [-0.4, -0.2) is 25.4 Å². The number of unbranched alkanes of at least 4 members (excludes halogenated alkanes) is 9. The second-order valence-electron chi connectivity index (χ2n) is 7.03. The number of thioether (sulfide) groups is 1. The molecule has 0 spiro atoms. The van der Waals surface area contributed by atoms with Crippen LogP contribution < -0.4 is 4.74 Å². The lowest BCUT2D eigenvalue weighted by Crippen LogP contribution is -2.06. The third kappa shape index (κ3) is 13.6. The standard InChI is InChI=1S/C23H38O3S/c1-3-4-5-6-7-8-9-10-11-12-19-26-23(24)14-13-20-27-22-17-15-21(25-2)16-18-22/h15-18H,3-14,19-20H2,1-2H3. The van der Waals surface area contributed by atoms with Gasteiger partial charge in [-0.05, 0) is 42.9 Å². The van der Waals surface area contributed by atoms with Gasteiger partial charge < -0.3 is 9.47 Å². The van der Waals surface area contributed by atoms with Gasteiger partial charge in [-0.1, -0.05) is 64.7 Å². The minimum absolute atomic E-state index is 0.0544. The molecule has 0 N–H and O–H groups in total. The van der Waals surface area contributed by atoms with E-state index in [0.29, 0.717) is 13.0 Å². The second-order valence-corrected chi connectivity index (χ2v) is 8.20. The average molecular weight is 395 g/mol. The maximum Gasteiger partial charge on any atom is 0.305 e. The Hall–Kier alpha value is -1.16. The molecule has 0 aliphatic heterocycles. The lowest BCUT2D eigenvalue weighted by Gasteiger charge is -2.06. The summed E-state index contributed by atoms with van der Waals surface area (Å²) >= 11 is 1.76. The zero-order chi connectivity index (χ0) is 19.6. The van der Waals surface area contributed by atoms with Crippen LogP contribution in [0.1, 0.15) is 84.0 Å². The molecular formula is C23H38O3S. The monoisotopic (exact) mass is 394 g/mol. The maximum absolute atomic E-state index is 11.8. The van der Waals surface area contributed by atoms with Crippen LogP contribution >= 0.6 is 11.8 Å². The highest BCUT2D eigenvalue weighted by atomic mass is 32.2. The van der Waals surface area contributed by atoms with Crippen LogP contribution in [0.5, 0.6) is 5.75 Å². The Labute approximate surface area is 170 Å². The molecule has 0 aromatic heterocycles. The van der Waals surface area contributed by atoms with Gasteiger partial charge in [-0.25, -0.2) is 0 Å². The average Bonchev–Trinajstić information content (AvgIpc) is 2.70. The summed E-state index contributed by atoms with van der Waals surface area (Å²) in [5.41, 5.74) is 0. The predicted molar refractivity (Wildman–Crippen MR) is 116 cm³/mol. The Kier molecular flexibility index (Phi) is 15.0. The lowest BCUT2D eigenvalue weighted by molar-refractivity contribution is -0.143. The summed E-state index contributed by atoms with van der Waals surface area (Å²) in [5.74, 6) is 1.75. The van der Waals surface area contributed by atoms with Crippen molar-refractivity contribution in [3.8, 4) is 5.75 Å². The number of hydrogen-bond acceptors (Lipinski definition) is 4. The van der Waals surface area contributed by atoms with Crippen LogP contribution in [0.2, 0.25) is 0 Å². The van der Waals surface area contributed by atoms with Gasteiger partial charge >= 0.3 is 5.97 Å². The van der Waals surface area contributed by atoms with Gasteiger partial charge in [0.1, 0.15) is 5.75 Å². The number of methoxy groups -OCH3 is 1. The molecule has 0 fully saturated rings. The van der Waals surface area contributed by atoms with Crippen LogP contribution in [0.25, 0.3) is 0 Å². The van der Waals surface area contributed by atoms with Crippen LogP contribution in [0.3, 0.4) is 0 Å². The van der Waals surface area contributed by atoms with Crippen molar-refractivity contribution >= 4 is 17.7 Å². The summed E-state index contributed by atoms with van der Waals surface area (Å²) < 4.78 is 10.5. The molecule has 0 heterocycles. The summed E-state index contributed by atoms with van der Waals surface area (Å²) in [6.07, 6.45) is 14.4. The van der Waals surface area contributed by atoms with Crippen LogP contribution in [-0.2, 0) is 9.53 Å². The van der Waals surface area contributed by atoms with Gasteiger partial charge in [-0.15, -0.1) is 11.8 Å². The normalized spacial score (nSPS) is 10.7. The molecule has 1 rings (SSSR count). The first-order valence-corrected chi connectivity index (χ1v) is 11.7. The van der Waals surface area contributed by atoms with E-state index in [2.05, 4.69) is 6.92 Å². The summed E-state index contributed by atoms with van der Waals surface area (Å²) in [7, 11) is 1.67. The van der Waals surface area contributed by atoms with Crippen LogP contribution in [0.4, 0.5) is 0 Å². The number of carbonyl (C=O) groups excluding carboxylic acids is 1. The molecule has 1 aromatic rings. The van der Waals surface area contributed by atoms with E-state index in [0.717, 1.165) is 24.3 Å². The number of esters is 1. The highest BCUT2D eigenvalue weighted by Crippen LogP contribution is 2.22. The highest BCUT2D eigenvalue weighted by molar-refractivity contribution is 7.99. The smallest absolute Gasteiger partial charge is 0.305 e. The van der Waals surface area contributed by atoms with Crippen molar-refractivity contribution < 1.29 is 14.3 Å². The second kappa shape index (κ2) is 17.0. The first kappa shape index (κ1) is 23.9. The van der Waals surface area contributed by atoms with Crippen molar-refractivity contribution in [1.29, 1.82) is 0 Å². The van der Waals surface area contributed by atoms with E-state index in [9.17, 15) is 4.79 Å². The van der Waals surface area contributed by atoms with Crippen molar-refractivity contribution in [3.63, 3.8) is 0 Å². The van der Waals surface area contributed by atoms with E-state index >= 15 is 0 Å². The van der Waals surface area contributed by atoms with Crippen molar-refractivity contribution in [1.82, 2.24) is 0 Å². The molecule has 0 radical (unpaired) electrons. The molecular weight excluding hydrogens is 356 g/mol. The minimum atomic E-state index is -0.0544. The van der Waals surface area contributed by atoms with Gasteiger partial charge in [0.25, 0.3) is 0 Å². The molecule has 27 heavy (non-hydrogen) atoms. The molecule has 0 bridgehead atoms. The Morgan fingerprint density at radius 2 is 1.44 bits per heavy atom. The third-order valence-corrected chi connectivity index (χ3v) is 5.71. The number of ether oxygens (including phenoxy) is 2. The van der Waals surface area contributed by atoms with Gasteiger partial charge in [0.2, 0.25) is 0 Å². The molecule has 0 amide bonds. The Morgan fingerprint density at radius 1 is 0.852 bits per heavy atom. The van der Waals surface area contributed by atoms with E-state index < -0.39 is 0 Å². The number of rotatable bonds is 17. The van der Waals surface area contributed by atoms with Gasteiger partial charge in [0.05, 0.1) is 13.7 Å². The zero-order valence-corrected chi connectivity index (χ0v) is 18.2. The topological polar surface area (TPSA) is 35.5 Å². The molecule has 0 aliphatic carbocycles. The minimum Gasteiger partial charge on any atom is -0.497 e. The quantitative estimate of drug-likeness (QED) is 0.161. The first-order chi connectivity index (χ1) is 13.3. The first-order valence-electron chi connectivity index (χ1n) is 10.7. The summed E-state index contributed by atoms with van der Waals surface area (Å²) in [4.78, 5) is 13.0. The largest absolute Gasteiger partial charge is 0.497 e. The molecule has 0 saturated carbocycles. The van der Waals surface area contributed by atoms with Gasteiger partial charge in [0, 0.05) is 11.3 Å². The molecule has 0 aliphatic rings. The zero-order valence-electron chi connectivity index (χ0n) is 17.3. The van der Waals surface area contributed by atoms with Crippen LogP contribution in [0.15, 0.2) is 29.2 Å². The summed E-state index contributed by atoms with van der Waals surface area (Å²) in [6.45, 7) is 2.84. The highest BCUT2D eigenvalue weighted by Gasteiger charge is 2.03. The summed E-state index contributed by atoms with van der Waals surface area (Å²) in [5, 5.41) is 0. The molecule has 0 unspecified atom stereocenters. The fourth-order valence-corrected chi connectivity index (χ4v) is 3.78. The van der Waals surface area contributed by atoms with Crippen molar-refractivity contribution in [2.24, 2.45) is 0 Å². The summed E-state index contributed by atoms with van der Waals surface area (Å²) in [6, 6.07) is 8.02. The fourth-order valence-electron chi connectivity index (χ4n) is 2.93. The predicted octanol–water partition coefficient (Wildman–Crippen LogP) is 7.03. The van der Waals surface area contributed by atoms with E-state index in [4.69, 9.17) is 9.47 Å². The van der Waals surface area contributed by atoms with E-state index in [1.165, 1.54) is 62.7 Å². The van der Waals surface area contributed by atoms with Gasteiger partial charge in [-0.2, -0.15) is 0 Å². The number of benzene rings is 1. The van der Waals surface area contributed by atoms with Crippen molar-refractivity contribution in [2.75, 3.05) is 19.5 Å². The Bertz CT molecular complexity index is 473.